The second-order valence-corrected chi connectivity index (χ2v) is 11.7. The predicted molar refractivity (Wildman–Crippen MR) is 197 cm³/mol. The van der Waals surface area contributed by atoms with Crippen molar-refractivity contribution in [1.82, 2.24) is 29.9 Å². The van der Waals surface area contributed by atoms with Gasteiger partial charge in [0.05, 0.1) is 68.8 Å². The van der Waals surface area contributed by atoms with Crippen LogP contribution in [0.2, 0.25) is 0 Å². The number of hydrogen-bond donors (Lipinski definition) is 0. The Morgan fingerprint density at radius 1 is 0.286 bits per heavy atom. The van der Waals surface area contributed by atoms with Crippen LogP contribution >= 0.6 is 0 Å². The zero-order valence-electron chi connectivity index (χ0n) is 26.2. The van der Waals surface area contributed by atoms with Gasteiger partial charge in [0.1, 0.15) is 0 Å². The molecule has 0 aliphatic rings. The van der Waals surface area contributed by atoms with E-state index in [0.717, 1.165) is 83.9 Å². The quantitative estimate of drug-likeness (QED) is 0.181. The first-order valence-electron chi connectivity index (χ1n) is 16.0. The van der Waals surface area contributed by atoms with Crippen molar-refractivity contribution in [3.8, 4) is 33.8 Å². The van der Waals surface area contributed by atoms with Gasteiger partial charge in [-0.2, -0.15) is 0 Å². The lowest BCUT2D eigenvalue weighted by atomic mass is 10.1. The van der Waals surface area contributed by atoms with Gasteiger partial charge in [-0.25, -0.2) is 15.0 Å². The van der Waals surface area contributed by atoms with Crippen molar-refractivity contribution >= 4 is 50.2 Å². The molecule has 9 aromatic rings. The first-order valence-corrected chi connectivity index (χ1v) is 16.0. The van der Waals surface area contributed by atoms with Gasteiger partial charge in [0.25, 0.3) is 0 Å². The third-order valence-corrected chi connectivity index (χ3v) is 8.61. The molecule has 3 heterocycles. The molecule has 0 aliphatic carbocycles. The lowest BCUT2D eigenvalue weighted by Gasteiger charge is -2.26. The average molecular weight is 630 g/mol. The molecule has 0 saturated heterocycles. The van der Waals surface area contributed by atoms with Crippen LogP contribution < -0.4 is 4.90 Å². The summed E-state index contributed by atoms with van der Waals surface area (Å²) in [7, 11) is 0. The van der Waals surface area contributed by atoms with Crippen LogP contribution in [0.4, 0.5) is 17.1 Å². The van der Waals surface area contributed by atoms with Gasteiger partial charge in [0.15, 0.2) is 0 Å². The van der Waals surface area contributed by atoms with Crippen LogP contribution in [0.3, 0.4) is 0 Å². The van der Waals surface area contributed by atoms with Gasteiger partial charge in [-0.3, -0.25) is 15.0 Å². The summed E-state index contributed by atoms with van der Waals surface area (Å²) in [5.41, 5.74) is 13.8. The summed E-state index contributed by atoms with van der Waals surface area (Å²) in [6.45, 7) is 0. The molecule has 7 heteroatoms. The zero-order chi connectivity index (χ0) is 32.6. The molecule has 3 aromatic heterocycles. The molecule has 0 spiro atoms. The molecule has 7 nitrogen and oxygen atoms in total. The maximum atomic E-state index is 4.85. The Kier molecular flexibility index (Phi) is 6.98. The summed E-state index contributed by atoms with van der Waals surface area (Å²) < 4.78 is 0. The van der Waals surface area contributed by atoms with E-state index in [4.69, 9.17) is 15.0 Å². The van der Waals surface area contributed by atoms with E-state index in [1.807, 2.05) is 91.4 Å². The molecule has 0 unspecified atom stereocenters. The third kappa shape index (κ3) is 5.49. The molecule has 9 rings (SSSR count). The Balaban J connectivity index is 1.09. The molecule has 49 heavy (non-hydrogen) atoms. The highest BCUT2D eigenvalue weighted by atomic mass is 15.1. The molecular formula is C42H27N7. The molecule has 0 saturated carbocycles. The Morgan fingerprint density at radius 3 is 0.837 bits per heavy atom. The first-order chi connectivity index (χ1) is 24.2. The molecule has 0 fully saturated rings. The molecule has 0 bridgehead atoms. The molecular weight excluding hydrogens is 603 g/mol. The van der Waals surface area contributed by atoms with Gasteiger partial charge >= 0.3 is 0 Å². The molecule has 0 amide bonds. The van der Waals surface area contributed by atoms with Gasteiger partial charge in [-0.1, -0.05) is 72.8 Å². The van der Waals surface area contributed by atoms with Crippen LogP contribution in [0, 0.1) is 0 Å². The highest BCUT2D eigenvalue weighted by molar-refractivity contribution is 5.83. The fraction of sp³-hybridized carbons (Fsp3) is 0. The second-order valence-electron chi connectivity index (χ2n) is 11.7. The maximum absolute atomic E-state index is 4.85. The molecule has 0 atom stereocenters. The Morgan fingerprint density at radius 2 is 0.551 bits per heavy atom. The van der Waals surface area contributed by atoms with E-state index in [1.165, 1.54) is 0 Å². The lowest BCUT2D eigenvalue weighted by Crippen LogP contribution is -2.10. The molecule has 0 N–H and O–H groups in total. The highest BCUT2D eigenvalue weighted by Gasteiger charge is 2.15. The van der Waals surface area contributed by atoms with E-state index < -0.39 is 0 Å². The van der Waals surface area contributed by atoms with Crippen molar-refractivity contribution in [3.63, 3.8) is 0 Å². The van der Waals surface area contributed by atoms with E-state index in [1.54, 1.807) is 0 Å². The van der Waals surface area contributed by atoms with E-state index in [-0.39, 0.29) is 0 Å². The fourth-order valence-corrected chi connectivity index (χ4v) is 6.08. The number of nitrogens with zero attached hydrogens (tertiary/aromatic N) is 7. The predicted octanol–water partition coefficient (Wildman–Crippen LogP) is 9.99. The van der Waals surface area contributed by atoms with Crippen LogP contribution in [0.1, 0.15) is 0 Å². The normalized spacial score (nSPS) is 11.3. The summed E-state index contributed by atoms with van der Waals surface area (Å²) in [6, 6.07) is 49.1. The Bertz CT molecular complexity index is 2310. The minimum atomic E-state index is 0.832. The number of anilines is 3. The van der Waals surface area contributed by atoms with Gasteiger partial charge in [-0.15, -0.1) is 0 Å². The summed E-state index contributed by atoms with van der Waals surface area (Å²) in [4.78, 5) is 30.7. The van der Waals surface area contributed by atoms with Crippen molar-refractivity contribution in [3.05, 3.63) is 164 Å². The van der Waals surface area contributed by atoms with Crippen molar-refractivity contribution in [2.75, 3.05) is 4.90 Å². The van der Waals surface area contributed by atoms with Crippen LogP contribution in [0.5, 0.6) is 0 Å². The SMILES string of the molecule is c1ccc2nc(-c3ccc(N(c4ccc(-c5cnc6ccccc6n5)cc4)c4ccc(-c5cnc6ccccc6n5)cc4)cc3)cnc2c1. The monoisotopic (exact) mass is 629 g/mol. The molecule has 0 aliphatic heterocycles. The molecule has 0 radical (unpaired) electrons. The average Bonchev–Trinajstić information content (AvgIpc) is 3.18. The van der Waals surface area contributed by atoms with Gasteiger partial charge in [-0.05, 0) is 72.8 Å². The minimum Gasteiger partial charge on any atom is -0.311 e. The van der Waals surface area contributed by atoms with Crippen LogP contribution in [0.25, 0.3) is 66.9 Å². The first kappa shape index (κ1) is 28.4. The van der Waals surface area contributed by atoms with E-state index >= 15 is 0 Å². The number of fused-ring (bicyclic) bond motifs is 3. The van der Waals surface area contributed by atoms with Crippen molar-refractivity contribution < 1.29 is 0 Å². The van der Waals surface area contributed by atoms with Crippen molar-refractivity contribution in [1.29, 1.82) is 0 Å². The number of rotatable bonds is 6. The summed E-state index contributed by atoms with van der Waals surface area (Å²) in [5, 5.41) is 0. The topological polar surface area (TPSA) is 80.6 Å². The van der Waals surface area contributed by atoms with Crippen LogP contribution in [-0.4, -0.2) is 29.9 Å². The lowest BCUT2D eigenvalue weighted by molar-refractivity contribution is 1.26. The van der Waals surface area contributed by atoms with E-state index in [2.05, 4.69) is 92.6 Å². The third-order valence-electron chi connectivity index (χ3n) is 8.61. The largest absolute Gasteiger partial charge is 0.311 e. The Hall–Kier alpha value is -6.86. The summed E-state index contributed by atoms with van der Waals surface area (Å²) in [5.74, 6) is 0. The molecule has 230 valence electrons. The van der Waals surface area contributed by atoms with Gasteiger partial charge in [0, 0.05) is 33.8 Å². The smallest absolute Gasteiger partial charge is 0.0894 e. The van der Waals surface area contributed by atoms with Crippen molar-refractivity contribution in [2.24, 2.45) is 0 Å². The Labute approximate surface area is 282 Å². The summed E-state index contributed by atoms with van der Waals surface area (Å²) in [6.07, 6.45) is 5.49. The number of aromatic nitrogens is 6. The van der Waals surface area contributed by atoms with Gasteiger partial charge < -0.3 is 4.90 Å². The van der Waals surface area contributed by atoms with Gasteiger partial charge in [0.2, 0.25) is 0 Å². The fourth-order valence-electron chi connectivity index (χ4n) is 6.08. The molecule has 6 aromatic carbocycles. The number of para-hydroxylation sites is 6. The zero-order valence-corrected chi connectivity index (χ0v) is 26.2. The van der Waals surface area contributed by atoms with E-state index in [9.17, 15) is 0 Å². The standard InChI is InChI=1S/C42H27N7/c1-4-10-37-34(7-1)43-25-40(46-37)28-13-19-31(20-14-28)49(32-21-15-29(16-22-32)41-26-44-35-8-2-5-11-38(35)47-41)33-23-17-30(18-24-33)42-27-45-36-9-3-6-12-39(36)48-42/h1-27H. The van der Waals surface area contributed by atoms with Crippen LogP contribution in [0.15, 0.2) is 164 Å². The van der Waals surface area contributed by atoms with Crippen molar-refractivity contribution in [2.45, 2.75) is 0 Å². The maximum Gasteiger partial charge on any atom is 0.0894 e. The number of benzene rings is 6. The summed E-state index contributed by atoms with van der Waals surface area (Å²) >= 11 is 0. The van der Waals surface area contributed by atoms with Crippen LogP contribution in [-0.2, 0) is 0 Å². The second kappa shape index (κ2) is 12.1. The number of hydrogen-bond acceptors (Lipinski definition) is 7. The minimum absolute atomic E-state index is 0.832. The highest BCUT2D eigenvalue weighted by Crippen LogP contribution is 2.37. The van der Waals surface area contributed by atoms with E-state index in [0.29, 0.717) is 0 Å².